The SMILES string of the molecule is [Na+].[O-]c1ccc(Cl)nc1. The number of hydrogen-bond acceptors (Lipinski definition) is 2. The second kappa shape index (κ2) is 4.12. The molecule has 1 aromatic rings. The molecule has 1 rings (SSSR count). The first kappa shape index (κ1) is 9.24. The van der Waals surface area contributed by atoms with Crippen molar-refractivity contribution in [2.45, 2.75) is 0 Å². The molecule has 0 saturated carbocycles. The van der Waals surface area contributed by atoms with Crippen LogP contribution in [-0.4, -0.2) is 4.98 Å². The van der Waals surface area contributed by atoms with Crippen LogP contribution in [0.4, 0.5) is 0 Å². The van der Waals surface area contributed by atoms with Gasteiger partial charge >= 0.3 is 29.6 Å². The average molecular weight is 152 g/mol. The van der Waals surface area contributed by atoms with Gasteiger partial charge < -0.3 is 5.11 Å². The molecule has 0 unspecified atom stereocenters. The Morgan fingerprint density at radius 3 is 2.44 bits per heavy atom. The molecule has 0 spiro atoms. The van der Waals surface area contributed by atoms with Gasteiger partial charge in [-0.2, -0.15) is 0 Å². The first-order valence-corrected chi connectivity index (χ1v) is 2.45. The Morgan fingerprint density at radius 1 is 1.44 bits per heavy atom. The summed E-state index contributed by atoms with van der Waals surface area (Å²) in [6.07, 6.45) is 1.18. The monoisotopic (exact) mass is 151 g/mol. The zero-order valence-corrected chi connectivity index (χ0v) is 7.72. The summed E-state index contributed by atoms with van der Waals surface area (Å²) in [4.78, 5) is 3.53. The Labute approximate surface area is 80.2 Å². The van der Waals surface area contributed by atoms with E-state index in [9.17, 15) is 5.11 Å². The standard InChI is InChI=1S/C5H4ClNO.Na/c6-5-2-1-4(8)3-7-5;/h1-3,8H;/q;+1/p-1. The minimum atomic E-state index is -0.116. The normalized spacial score (nSPS) is 8.11. The van der Waals surface area contributed by atoms with Crippen molar-refractivity contribution in [3.8, 4) is 5.75 Å². The topological polar surface area (TPSA) is 36.0 Å². The Kier molecular flexibility index (Phi) is 4.23. The van der Waals surface area contributed by atoms with E-state index in [1.165, 1.54) is 18.3 Å². The molecule has 0 aliphatic rings. The molecule has 42 valence electrons. The van der Waals surface area contributed by atoms with Gasteiger partial charge in [0.2, 0.25) is 0 Å². The number of halogens is 1. The molecule has 0 aromatic carbocycles. The summed E-state index contributed by atoms with van der Waals surface area (Å²) in [6, 6.07) is 2.83. The van der Waals surface area contributed by atoms with Crippen LogP contribution in [0.1, 0.15) is 0 Å². The van der Waals surface area contributed by atoms with E-state index in [0.29, 0.717) is 5.15 Å². The summed E-state index contributed by atoms with van der Waals surface area (Å²) >= 11 is 5.36. The zero-order chi connectivity index (χ0) is 5.98. The summed E-state index contributed by atoms with van der Waals surface area (Å²) in [5, 5.41) is 10.7. The molecule has 0 radical (unpaired) electrons. The van der Waals surface area contributed by atoms with E-state index < -0.39 is 0 Å². The third-order valence-electron chi connectivity index (χ3n) is 0.700. The summed E-state index contributed by atoms with van der Waals surface area (Å²) in [6.45, 7) is 0. The summed E-state index contributed by atoms with van der Waals surface area (Å²) in [5.41, 5.74) is 0. The molecule has 0 saturated heterocycles. The average Bonchev–Trinajstić information content (AvgIpc) is 1.77. The third-order valence-corrected chi connectivity index (χ3v) is 0.924. The number of rotatable bonds is 0. The quantitative estimate of drug-likeness (QED) is 0.312. The van der Waals surface area contributed by atoms with E-state index in [0.717, 1.165) is 0 Å². The molecule has 0 amide bonds. The van der Waals surface area contributed by atoms with Gasteiger partial charge in [0, 0.05) is 6.20 Å². The van der Waals surface area contributed by atoms with Gasteiger partial charge in [-0.25, -0.2) is 4.98 Å². The molecule has 0 N–H and O–H groups in total. The predicted molar refractivity (Wildman–Crippen MR) is 28.7 cm³/mol. The molecular weight excluding hydrogens is 149 g/mol. The molecule has 1 heterocycles. The van der Waals surface area contributed by atoms with Crippen LogP contribution in [0.2, 0.25) is 5.15 Å². The summed E-state index contributed by atoms with van der Waals surface area (Å²) < 4.78 is 0. The fourth-order valence-electron chi connectivity index (χ4n) is 0.362. The Hall–Kier alpha value is 0.240. The van der Waals surface area contributed by atoms with Crippen molar-refractivity contribution in [3.05, 3.63) is 23.5 Å². The smallest absolute Gasteiger partial charge is 0.871 e. The fourth-order valence-corrected chi connectivity index (χ4v) is 0.474. The molecule has 2 nitrogen and oxygen atoms in total. The second-order valence-electron chi connectivity index (χ2n) is 1.32. The van der Waals surface area contributed by atoms with Crippen molar-refractivity contribution in [1.82, 2.24) is 4.98 Å². The van der Waals surface area contributed by atoms with Crippen molar-refractivity contribution in [1.29, 1.82) is 0 Å². The van der Waals surface area contributed by atoms with Gasteiger partial charge in [-0.1, -0.05) is 23.4 Å². The maximum absolute atomic E-state index is 10.3. The number of hydrogen-bond donors (Lipinski definition) is 0. The predicted octanol–water partition coefficient (Wildman–Crippen LogP) is -2.19. The van der Waals surface area contributed by atoms with Crippen molar-refractivity contribution in [3.63, 3.8) is 0 Å². The Bertz CT molecular complexity index is 156. The fraction of sp³-hybridized carbons (Fsp3) is 0. The van der Waals surface area contributed by atoms with Crippen LogP contribution in [0, 0.1) is 0 Å². The van der Waals surface area contributed by atoms with Crippen molar-refractivity contribution in [2.75, 3.05) is 0 Å². The van der Waals surface area contributed by atoms with E-state index in [2.05, 4.69) is 4.98 Å². The van der Waals surface area contributed by atoms with Crippen LogP contribution in [0.15, 0.2) is 18.3 Å². The summed E-state index contributed by atoms with van der Waals surface area (Å²) in [7, 11) is 0. The van der Waals surface area contributed by atoms with Crippen LogP contribution in [0.5, 0.6) is 5.75 Å². The van der Waals surface area contributed by atoms with Crippen LogP contribution in [-0.2, 0) is 0 Å². The van der Waals surface area contributed by atoms with Gasteiger partial charge in [0.25, 0.3) is 0 Å². The maximum Gasteiger partial charge on any atom is 1.00 e. The molecule has 0 bridgehead atoms. The molecule has 0 fully saturated rings. The van der Waals surface area contributed by atoms with E-state index >= 15 is 0 Å². The molecule has 0 aliphatic carbocycles. The molecular formula is C5H3ClNNaO. The van der Waals surface area contributed by atoms with Crippen LogP contribution < -0.4 is 34.7 Å². The summed E-state index contributed by atoms with van der Waals surface area (Å²) in [5.74, 6) is -0.116. The van der Waals surface area contributed by atoms with Crippen LogP contribution >= 0.6 is 11.6 Å². The van der Waals surface area contributed by atoms with E-state index in [1.807, 2.05) is 0 Å². The van der Waals surface area contributed by atoms with E-state index in [-0.39, 0.29) is 35.3 Å². The van der Waals surface area contributed by atoms with Crippen LogP contribution in [0.25, 0.3) is 0 Å². The molecule has 0 atom stereocenters. The Morgan fingerprint density at radius 2 is 2.11 bits per heavy atom. The third kappa shape index (κ3) is 3.06. The van der Waals surface area contributed by atoms with Gasteiger partial charge in [-0.15, -0.1) is 0 Å². The minimum absolute atomic E-state index is 0. The van der Waals surface area contributed by atoms with E-state index in [1.54, 1.807) is 0 Å². The van der Waals surface area contributed by atoms with Gasteiger partial charge in [0.1, 0.15) is 5.15 Å². The van der Waals surface area contributed by atoms with E-state index in [4.69, 9.17) is 11.6 Å². The van der Waals surface area contributed by atoms with Gasteiger partial charge in [-0.3, -0.25) is 0 Å². The van der Waals surface area contributed by atoms with Crippen LogP contribution in [0.3, 0.4) is 0 Å². The number of aromatic nitrogens is 1. The first-order valence-electron chi connectivity index (χ1n) is 2.07. The number of pyridine rings is 1. The van der Waals surface area contributed by atoms with Gasteiger partial charge in [-0.05, 0) is 6.07 Å². The molecule has 4 heteroatoms. The molecule has 9 heavy (non-hydrogen) atoms. The van der Waals surface area contributed by atoms with Crippen molar-refractivity contribution >= 4 is 11.6 Å². The number of nitrogens with zero attached hydrogens (tertiary/aromatic N) is 1. The largest absolute Gasteiger partial charge is 1.00 e. The zero-order valence-electron chi connectivity index (χ0n) is 4.97. The van der Waals surface area contributed by atoms with Crippen molar-refractivity contribution in [2.24, 2.45) is 0 Å². The Balaban J connectivity index is 0.000000640. The minimum Gasteiger partial charge on any atom is -0.871 e. The van der Waals surface area contributed by atoms with Crippen molar-refractivity contribution < 1.29 is 34.7 Å². The molecule has 1 aromatic heterocycles. The van der Waals surface area contributed by atoms with Gasteiger partial charge in [0.15, 0.2) is 0 Å². The molecule has 0 aliphatic heterocycles. The maximum atomic E-state index is 10.3. The van der Waals surface area contributed by atoms with Gasteiger partial charge in [0.05, 0.1) is 0 Å². The second-order valence-corrected chi connectivity index (χ2v) is 1.70. The first-order chi connectivity index (χ1) is 3.79.